The molecule has 5 nitrogen and oxygen atoms in total. The van der Waals surface area contributed by atoms with Crippen LogP contribution in [0, 0.1) is 11.6 Å². The second-order valence-corrected chi connectivity index (χ2v) is 6.84. The van der Waals surface area contributed by atoms with E-state index in [4.69, 9.17) is 21.1 Å². The summed E-state index contributed by atoms with van der Waals surface area (Å²) in [7, 11) is -1.25. The van der Waals surface area contributed by atoms with Gasteiger partial charge in [-0.2, -0.15) is 0 Å². The van der Waals surface area contributed by atoms with Crippen LogP contribution in [0.2, 0.25) is 5.02 Å². The van der Waals surface area contributed by atoms with Gasteiger partial charge in [-0.25, -0.2) is 21.9 Å². The maximum absolute atomic E-state index is 13.8. The van der Waals surface area contributed by atoms with E-state index in [0.717, 1.165) is 12.1 Å². The van der Waals surface area contributed by atoms with Crippen molar-refractivity contribution in [3.8, 4) is 11.5 Å². The van der Waals surface area contributed by atoms with Crippen LogP contribution >= 0.6 is 11.6 Å². The fourth-order valence-electron chi connectivity index (χ4n) is 1.97. The molecule has 0 spiro atoms. The first-order valence-electron chi connectivity index (χ1n) is 6.64. The van der Waals surface area contributed by atoms with Crippen molar-refractivity contribution >= 4 is 21.6 Å². The van der Waals surface area contributed by atoms with Gasteiger partial charge in [0.05, 0.1) is 24.1 Å². The zero-order valence-corrected chi connectivity index (χ0v) is 14.3. The lowest BCUT2D eigenvalue weighted by atomic mass is 10.2. The first kappa shape index (κ1) is 18.4. The van der Waals surface area contributed by atoms with Crippen LogP contribution < -0.4 is 14.2 Å². The normalized spacial score (nSPS) is 11.4. The van der Waals surface area contributed by atoms with E-state index in [1.807, 2.05) is 0 Å². The van der Waals surface area contributed by atoms with Crippen molar-refractivity contribution < 1.29 is 26.7 Å². The van der Waals surface area contributed by atoms with Crippen LogP contribution in [0.15, 0.2) is 35.2 Å². The molecular weight excluding hydrogens is 364 g/mol. The Balaban J connectivity index is 2.28. The van der Waals surface area contributed by atoms with Crippen molar-refractivity contribution in [2.45, 2.75) is 11.4 Å². The van der Waals surface area contributed by atoms with Gasteiger partial charge in [-0.15, -0.1) is 0 Å². The van der Waals surface area contributed by atoms with E-state index in [1.165, 1.54) is 32.4 Å². The highest BCUT2D eigenvalue weighted by Gasteiger charge is 2.19. The van der Waals surface area contributed by atoms with E-state index in [0.29, 0.717) is 5.75 Å². The van der Waals surface area contributed by atoms with Gasteiger partial charge in [-0.05, 0) is 24.3 Å². The van der Waals surface area contributed by atoms with Gasteiger partial charge in [-0.1, -0.05) is 11.6 Å². The van der Waals surface area contributed by atoms with Crippen molar-refractivity contribution in [1.29, 1.82) is 0 Å². The molecule has 0 amide bonds. The number of nitrogens with one attached hydrogen (secondary N) is 1. The average Bonchev–Trinajstić information content (AvgIpc) is 2.57. The fraction of sp³-hybridized carbons (Fsp3) is 0.200. The number of halogens is 3. The van der Waals surface area contributed by atoms with Crippen molar-refractivity contribution in [3.63, 3.8) is 0 Å². The smallest absolute Gasteiger partial charge is 0.241 e. The van der Waals surface area contributed by atoms with Gasteiger partial charge in [-0.3, -0.25) is 0 Å². The molecule has 2 rings (SSSR count). The molecule has 0 saturated heterocycles. The predicted octanol–water partition coefficient (Wildman–Crippen LogP) is 3.11. The van der Waals surface area contributed by atoms with E-state index in [2.05, 4.69) is 4.72 Å². The Morgan fingerprint density at radius 1 is 1.08 bits per heavy atom. The zero-order valence-electron chi connectivity index (χ0n) is 12.8. The summed E-state index contributed by atoms with van der Waals surface area (Å²) in [6, 6.07) is 5.96. The van der Waals surface area contributed by atoms with E-state index < -0.39 is 33.8 Å². The molecule has 0 bridgehead atoms. The van der Waals surface area contributed by atoms with Gasteiger partial charge in [0, 0.05) is 18.2 Å². The molecule has 0 radical (unpaired) electrons. The highest BCUT2D eigenvalue weighted by molar-refractivity contribution is 7.89. The molecule has 2 aromatic carbocycles. The van der Waals surface area contributed by atoms with E-state index in [-0.39, 0.29) is 15.7 Å². The van der Waals surface area contributed by atoms with Crippen LogP contribution in [0.25, 0.3) is 0 Å². The molecular formula is C15H14ClF2NO4S. The molecule has 0 heterocycles. The molecule has 0 aromatic heterocycles. The minimum atomic E-state index is -4.02. The molecule has 0 aliphatic heterocycles. The quantitative estimate of drug-likeness (QED) is 0.786. The fourth-order valence-corrected chi connectivity index (χ4v) is 3.15. The SMILES string of the molecule is COc1ccc(S(=O)(=O)NCc2c(F)ccc(Cl)c2F)cc1OC. The Morgan fingerprint density at radius 2 is 1.75 bits per heavy atom. The molecule has 0 fully saturated rings. The van der Waals surface area contributed by atoms with Crippen molar-refractivity contribution in [1.82, 2.24) is 4.72 Å². The van der Waals surface area contributed by atoms with Crippen LogP contribution in [0.4, 0.5) is 8.78 Å². The van der Waals surface area contributed by atoms with Gasteiger partial charge in [0.1, 0.15) is 11.6 Å². The Morgan fingerprint density at radius 3 is 2.38 bits per heavy atom. The second kappa shape index (κ2) is 7.33. The maximum atomic E-state index is 13.8. The van der Waals surface area contributed by atoms with Gasteiger partial charge in [0.15, 0.2) is 11.5 Å². The van der Waals surface area contributed by atoms with Gasteiger partial charge in [0.2, 0.25) is 10.0 Å². The van der Waals surface area contributed by atoms with Crippen LogP contribution in [-0.4, -0.2) is 22.6 Å². The minimum Gasteiger partial charge on any atom is -0.493 e. The monoisotopic (exact) mass is 377 g/mol. The van der Waals surface area contributed by atoms with E-state index in [9.17, 15) is 17.2 Å². The molecule has 1 N–H and O–H groups in total. The Bertz CT molecular complexity index is 859. The first-order chi connectivity index (χ1) is 11.3. The number of methoxy groups -OCH3 is 2. The average molecular weight is 378 g/mol. The lowest BCUT2D eigenvalue weighted by molar-refractivity contribution is 0.354. The number of sulfonamides is 1. The third-order valence-corrected chi connectivity index (χ3v) is 4.93. The lowest BCUT2D eigenvalue weighted by Crippen LogP contribution is -2.24. The largest absolute Gasteiger partial charge is 0.493 e. The Kier molecular flexibility index (Phi) is 5.63. The molecule has 130 valence electrons. The number of hydrogen-bond acceptors (Lipinski definition) is 4. The van der Waals surface area contributed by atoms with Crippen molar-refractivity contribution in [2.24, 2.45) is 0 Å². The lowest BCUT2D eigenvalue weighted by Gasteiger charge is -2.12. The number of ether oxygens (including phenoxy) is 2. The highest BCUT2D eigenvalue weighted by Crippen LogP contribution is 2.29. The van der Waals surface area contributed by atoms with Crippen LogP contribution in [0.5, 0.6) is 11.5 Å². The molecule has 24 heavy (non-hydrogen) atoms. The summed E-state index contributed by atoms with van der Waals surface area (Å²) in [5.74, 6) is -1.34. The summed E-state index contributed by atoms with van der Waals surface area (Å²) in [5.41, 5.74) is -0.466. The molecule has 0 atom stereocenters. The molecule has 0 aliphatic carbocycles. The Hall–Kier alpha value is -1.90. The van der Waals surface area contributed by atoms with E-state index in [1.54, 1.807) is 0 Å². The van der Waals surface area contributed by atoms with Gasteiger partial charge < -0.3 is 9.47 Å². The van der Waals surface area contributed by atoms with Crippen LogP contribution in [-0.2, 0) is 16.6 Å². The molecule has 2 aromatic rings. The second-order valence-electron chi connectivity index (χ2n) is 4.66. The highest BCUT2D eigenvalue weighted by atomic mass is 35.5. The first-order valence-corrected chi connectivity index (χ1v) is 8.50. The van der Waals surface area contributed by atoms with Gasteiger partial charge in [0.25, 0.3) is 0 Å². The summed E-state index contributed by atoms with van der Waals surface area (Å²) in [4.78, 5) is -0.136. The molecule has 0 unspecified atom stereocenters. The molecule has 0 saturated carbocycles. The summed E-state index contributed by atoms with van der Waals surface area (Å²) >= 11 is 5.58. The molecule has 0 aliphatic rings. The van der Waals surface area contributed by atoms with Crippen LogP contribution in [0.1, 0.15) is 5.56 Å². The third-order valence-electron chi connectivity index (χ3n) is 3.24. The number of hydrogen-bond donors (Lipinski definition) is 1. The Labute approximate surface area is 143 Å². The summed E-state index contributed by atoms with van der Waals surface area (Å²) in [5, 5.41) is -0.295. The topological polar surface area (TPSA) is 64.6 Å². The third kappa shape index (κ3) is 3.77. The number of benzene rings is 2. The zero-order chi connectivity index (χ0) is 17.9. The summed E-state index contributed by atoms with van der Waals surface area (Å²) < 4.78 is 64.2. The maximum Gasteiger partial charge on any atom is 0.241 e. The summed E-state index contributed by atoms with van der Waals surface area (Å²) in [6.07, 6.45) is 0. The predicted molar refractivity (Wildman–Crippen MR) is 84.9 cm³/mol. The van der Waals surface area contributed by atoms with Crippen LogP contribution in [0.3, 0.4) is 0 Å². The summed E-state index contributed by atoms with van der Waals surface area (Å²) in [6.45, 7) is -0.588. The minimum absolute atomic E-state index is 0.136. The molecule has 9 heteroatoms. The van der Waals surface area contributed by atoms with Crippen molar-refractivity contribution in [3.05, 3.63) is 52.6 Å². The standard InChI is InChI=1S/C15H14ClF2NO4S/c1-22-13-6-3-9(7-14(13)23-2)24(20,21)19-8-10-12(17)5-4-11(16)15(10)18/h3-7,19H,8H2,1-2H3. The number of rotatable bonds is 6. The van der Waals surface area contributed by atoms with Gasteiger partial charge >= 0.3 is 0 Å². The van der Waals surface area contributed by atoms with E-state index >= 15 is 0 Å². The van der Waals surface area contributed by atoms with Crippen molar-refractivity contribution in [2.75, 3.05) is 14.2 Å².